The average molecular weight is 420 g/mol. The molecule has 0 aliphatic heterocycles. The molecule has 9 heteroatoms. The van der Waals surface area contributed by atoms with Crippen molar-refractivity contribution in [2.24, 2.45) is 0 Å². The van der Waals surface area contributed by atoms with Gasteiger partial charge in [-0.1, -0.05) is 0 Å². The maximum absolute atomic E-state index is 14.3. The van der Waals surface area contributed by atoms with Crippen molar-refractivity contribution < 1.29 is 26.9 Å². The van der Waals surface area contributed by atoms with E-state index >= 15 is 0 Å². The van der Waals surface area contributed by atoms with E-state index in [4.69, 9.17) is 5.11 Å². The minimum Gasteiger partial charge on any atom is -0.390 e. The van der Waals surface area contributed by atoms with Crippen molar-refractivity contribution in [1.29, 1.82) is 0 Å². The summed E-state index contributed by atoms with van der Waals surface area (Å²) in [6.45, 7) is 3.95. The Bertz CT molecular complexity index is 622. The van der Waals surface area contributed by atoms with E-state index in [0.717, 1.165) is 13.0 Å². The topological polar surface area (TPSA) is 49.3 Å². The van der Waals surface area contributed by atoms with Crippen LogP contribution in [-0.2, 0) is 16.5 Å². The summed E-state index contributed by atoms with van der Waals surface area (Å²) >= 11 is 2.81. The first-order chi connectivity index (χ1) is 10.3. The van der Waals surface area contributed by atoms with Crippen LogP contribution in [0.25, 0.3) is 0 Å². The van der Waals surface area contributed by atoms with Crippen LogP contribution in [0.3, 0.4) is 0 Å². The molecular weight excluding hydrogens is 402 g/mol. The van der Waals surface area contributed by atoms with Gasteiger partial charge in [-0.05, 0) is 49.7 Å². The van der Waals surface area contributed by atoms with Crippen molar-refractivity contribution in [3.05, 3.63) is 33.8 Å². The Hall–Kier alpha value is -0.510. The van der Waals surface area contributed by atoms with Crippen LogP contribution in [0.1, 0.15) is 33.3 Å². The van der Waals surface area contributed by atoms with Gasteiger partial charge >= 0.3 is 0 Å². The molecule has 0 radical (unpaired) electrons. The van der Waals surface area contributed by atoms with Crippen LogP contribution in [0, 0.1) is 11.6 Å². The Morgan fingerprint density at radius 1 is 1.17 bits per heavy atom. The summed E-state index contributed by atoms with van der Waals surface area (Å²) < 4.78 is 69.5. The van der Waals surface area contributed by atoms with Gasteiger partial charge in [-0.25, -0.2) is 26.5 Å². The van der Waals surface area contributed by atoms with Gasteiger partial charge in [0.25, 0.3) is 5.92 Å². The molecule has 2 atom stereocenters. The van der Waals surface area contributed by atoms with E-state index in [1.165, 1.54) is 0 Å². The molecule has 0 aliphatic rings. The molecule has 0 aliphatic carbocycles. The second-order valence-corrected chi connectivity index (χ2v) is 9.04. The monoisotopic (exact) mass is 419 g/mol. The molecule has 0 amide bonds. The van der Waals surface area contributed by atoms with Gasteiger partial charge < -0.3 is 5.11 Å². The lowest BCUT2D eigenvalue weighted by atomic mass is 9.86. The van der Waals surface area contributed by atoms with Crippen molar-refractivity contribution in [3.63, 3.8) is 0 Å². The van der Waals surface area contributed by atoms with Crippen LogP contribution < -0.4 is 4.72 Å². The highest BCUT2D eigenvalue weighted by atomic mass is 79.9. The molecular formula is C14H18BrF4NO2S. The third-order valence-electron chi connectivity index (χ3n) is 3.33. The predicted octanol–water partition coefficient (Wildman–Crippen LogP) is 3.62. The van der Waals surface area contributed by atoms with Gasteiger partial charge in [0.1, 0.15) is 23.8 Å². The number of rotatable bonds is 5. The molecule has 1 rings (SSSR count). The maximum atomic E-state index is 14.3. The number of hydrogen-bond donors (Lipinski definition) is 2. The fourth-order valence-electron chi connectivity index (χ4n) is 1.73. The van der Waals surface area contributed by atoms with Crippen LogP contribution in [-0.4, -0.2) is 26.6 Å². The normalized spacial score (nSPS) is 17.0. The van der Waals surface area contributed by atoms with E-state index in [9.17, 15) is 21.8 Å². The molecule has 3 nitrogen and oxygen atoms in total. The second-order valence-electron chi connectivity index (χ2n) is 6.22. The molecule has 0 fully saturated rings. The predicted molar refractivity (Wildman–Crippen MR) is 84.5 cm³/mol. The van der Waals surface area contributed by atoms with E-state index in [1.807, 2.05) is 0 Å². The summed E-state index contributed by atoms with van der Waals surface area (Å²) in [7, 11) is -1.99. The number of aliphatic hydroxyl groups excluding tert-OH is 1. The fraction of sp³-hybridized carbons (Fsp3) is 0.571. The van der Waals surface area contributed by atoms with Gasteiger partial charge in [-0.2, -0.15) is 0 Å². The van der Waals surface area contributed by atoms with Crippen molar-refractivity contribution in [1.82, 2.24) is 4.72 Å². The lowest BCUT2D eigenvalue weighted by Crippen LogP contribution is -2.58. The molecule has 0 bridgehead atoms. The third kappa shape index (κ3) is 4.12. The first kappa shape index (κ1) is 20.5. The second kappa shape index (κ2) is 6.78. The smallest absolute Gasteiger partial charge is 0.293 e. The Morgan fingerprint density at radius 2 is 1.70 bits per heavy atom. The van der Waals surface area contributed by atoms with Gasteiger partial charge in [0.05, 0.1) is 20.2 Å². The molecule has 1 aromatic carbocycles. The molecule has 0 heterocycles. The summed E-state index contributed by atoms with van der Waals surface area (Å²) in [5.74, 6) is -6.05. The largest absolute Gasteiger partial charge is 0.390 e. The molecule has 0 saturated carbocycles. The summed E-state index contributed by atoms with van der Waals surface area (Å²) in [6, 6.07) is 1.30. The van der Waals surface area contributed by atoms with E-state index in [-0.39, 0.29) is 4.47 Å². The number of halogens is 5. The molecule has 1 aromatic rings. The zero-order chi connectivity index (χ0) is 18.2. The van der Waals surface area contributed by atoms with Crippen LogP contribution in [0.15, 0.2) is 16.6 Å². The Balaban J connectivity index is 3.54. The van der Waals surface area contributed by atoms with Crippen LogP contribution in [0.5, 0.6) is 0 Å². The number of nitrogens with one attached hydrogen (secondary N) is 1. The van der Waals surface area contributed by atoms with Crippen LogP contribution >= 0.6 is 15.9 Å². The van der Waals surface area contributed by atoms with E-state index in [2.05, 4.69) is 20.7 Å². The first-order valence-electron chi connectivity index (χ1n) is 6.59. The highest BCUT2D eigenvalue weighted by Gasteiger charge is 2.54. The molecule has 23 heavy (non-hydrogen) atoms. The van der Waals surface area contributed by atoms with Crippen molar-refractivity contribution in [3.8, 4) is 0 Å². The van der Waals surface area contributed by atoms with Crippen molar-refractivity contribution in [2.75, 3.05) is 6.61 Å². The molecule has 0 spiro atoms. The van der Waals surface area contributed by atoms with Crippen LogP contribution in [0.2, 0.25) is 0 Å². The van der Waals surface area contributed by atoms with Crippen LogP contribution in [0.4, 0.5) is 17.6 Å². The van der Waals surface area contributed by atoms with Gasteiger partial charge in [-0.3, -0.25) is 0 Å². The number of hydrogen-bond acceptors (Lipinski definition) is 2. The first-order valence-corrected chi connectivity index (χ1v) is 8.54. The van der Waals surface area contributed by atoms with Gasteiger partial charge in [0.15, 0.2) is 0 Å². The van der Waals surface area contributed by atoms with Gasteiger partial charge in [-0.15, -0.1) is 0 Å². The van der Waals surface area contributed by atoms with Gasteiger partial charge in [0, 0.05) is 11.6 Å². The minimum atomic E-state index is -3.86. The quantitative estimate of drug-likeness (QED) is 0.565. The highest BCUT2D eigenvalue weighted by Crippen LogP contribution is 2.40. The summed E-state index contributed by atoms with van der Waals surface area (Å²) in [5.41, 5.74) is -3.12. The Kier molecular flexibility index (Phi) is 6.05. The molecule has 132 valence electrons. The lowest BCUT2D eigenvalue weighted by Gasteiger charge is -2.39. The fourth-order valence-corrected chi connectivity index (χ4v) is 3.01. The standard InChI is InChI=1S/C14H18BrF4NO2S/c1-12(2,3)23(22)20-13(4,14(18,19)7-21)8-5-9(15)11(17)6-10(8)16/h5-6,20-21H,7H2,1-4H3/t13-,23-/m1/s1. The molecule has 2 N–H and O–H groups in total. The Morgan fingerprint density at radius 3 is 2.13 bits per heavy atom. The SMILES string of the molecule is CC(C)(C)[S@@](=O)N[C@](C)(c1cc(Br)c(F)cc1F)C(F)(F)CO. The zero-order valence-electron chi connectivity index (χ0n) is 13.0. The number of alkyl halides is 2. The Labute approximate surface area is 143 Å². The highest BCUT2D eigenvalue weighted by molar-refractivity contribution is 9.10. The zero-order valence-corrected chi connectivity index (χ0v) is 15.4. The average Bonchev–Trinajstić information content (AvgIpc) is 2.41. The number of benzene rings is 1. The molecule has 0 saturated heterocycles. The number of aliphatic hydroxyl groups is 1. The van der Waals surface area contributed by atoms with E-state index in [0.29, 0.717) is 6.07 Å². The molecule has 0 aromatic heterocycles. The van der Waals surface area contributed by atoms with Crippen molar-refractivity contribution in [2.45, 2.75) is 43.9 Å². The molecule has 0 unspecified atom stereocenters. The summed E-state index contributed by atoms with van der Waals surface area (Å²) in [4.78, 5) is 0. The van der Waals surface area contributed by atoms with E-state index < -0.39 is 51.0 Å². The summed E-state index contributed by atoms with van der Waals surface area (Å²) in [5, 5.41) is 9.02. The van der Waals surface area contributed by atoms with Crippen molar-refractivity contribution >= 4 is 26.9 Å². The third-order valence-corrected chi connectivity index (χ3v) is 5.65. The lowest BCUT2D eigenvalue weighted by molar-refractivity contribution is -0.114. The maximum Gasteiger partial charge on any atom is 0.293 e. The summed E-state index contributed by atoms with van der Waals surface area (Å²) in [6.07, 6.45) is 0. The minimum absolute atomic E-state index is 0.225. The van der Waals surface area contributed by atoms with E-state index in [1.54, 1.807) is 20.8 Å². The van der Waals surface area contributed by atoms with Gasteiger partial charge in [0.2, 0.25) is 0 Å².